The predicted octanol–water partition coefficient (Wildman–Crippen LogP) is 3.64. The molecule has 0 saturated heterocycles. The van der Waals surface area contributed by atoms with Gasteiger partial charge < -0.3 is 14.8 Å². The van der Waals surface area contributed by atoms with Crippen molar-refractivity contribution in [2.75, 3.05) is 18.5 Å². The quantitative estimate of drug-likeness (QED) is 0.391. The lowest BCUT2D eigenvalue weighted by Crippen LogP contribution is -2.21. The number of esters is 2. The molecule has 1 N–H and O–H groups in total. The van der Waals surface area contributed by atoms with Crippen molar-refractivity contribution in [1.29, 1.82) is 0 Å². The van der Waals surface area contributed by atoms with Gasteiger partial charge in [-0.25, -0.2) is 19.3 Å². The molecule has 33 heavy (non-hydrogen) atoms. The summed E-state index contributed by atoms with van der Waals surface area (Å²) in [5.41, 5.74) is 2.88. The molecule has 0 unspecified atom stereocenters. The number of hydrogen-bond acceptors (Lipinski definition) is 7. The molecule has 9 nitrogen and oxygen atoms in total. The molecule has 1 amide bonds. The van der Waals surface area contributed by atoms with E-state index in [4.69, 9.17) is 9.47 Å². The zero-order valence-corrected chi connectivity index (χ0v) is 18.8. The Morgan fingerprint density at radius 3 is 2.27 bits per heavy atom. The van der Waals surface area contributed by atoms with Crippen LogP contribution in [0.1, 0.15) is 51.9 Å². The molecular formula is C24H26N4O5. The highest BCUT2D eigenvalue weighted by Gasteiger charge is 2.13. The monoisotopic (exact) mass is 450 g/mol. The molecule has 0 atom stereocenters. The number of amides is 1. The lowest BCUT2D eigenvalue weighted by Gasteiger charge is -2.08. The first-order valence-electron chi connectivity index (χ1n) is 10.6. The minimum absolute atomic E-state index is 0.221. The van der Waals surface area contributed by atoms with Crippen molar-refractivity contribution in [3.8, 4) is 5.82 Å². The van der Waals surface area contributed by atoms with Gasteiger partial charge in [0.25, 0.3) is 5.91 Å². The van der Waals surface area contributed by atoms with Crippen LogP contribution in [0, 0.1) is 13.8 Å². The first-order chi connectivity index (χ1) is 15.9. The standard InChI is InChI=1S/C24H26N4O5/c1-4-5-12-32-23(30)18-6-9-20(10-7-18)26-22(29)15-33-24(31)19-8-11-21(25-14-19)28-17(3)13-16(2)27-28/h6-11,13-14H,4-5,12,15H2,1-3H3,(H,26,29). The van der Waals surface area contributed by atoms with Crippen LogP contribution in [0.3, 0.4) is 0 Å². The van der Waals surface area contributed by atoms with Crippen LogP contribution < -0.4 is 5.32 Å². The number of pyridine rings is 1. The number of ether oxygens (including phenoxy) is 2. The number of aryl methyl sites for hydroxylation is 2. The normalized spacial score (nSPS) is 10.5. The van der Waals surface area contributed by atoms with Gasteiger partial charge in [0.15, 0.2) is 12.4 Å². The maximum Gasteiger partial charge on any atom is 0.340 e. The zero-order chi connectivity index (χ0) is 23.8. The van der Waals surface area contributed by atoms with Crippen LogP contribution in [0.25, 0.3) is 5.82 Å². The average molecular weight is 450 g/mol. The Bertz CT molecular complexity index is 1120. The Kier molecular flexibility index (Phi) is 7.91. The van der Waals surface area contributed by atoms with E-state index in [0.717, 1.165) is 24.2 Å². The maximum absolute atomic E-state index is 12.2. The second-order valence-electron chi connectivity index (χ2n) is 7.44. The van der Waals surface area contributed by atoms with E-state index in [9.17, 15) is 14.4 Å². The summed E-state index contributed by atoms with van der Waals surface area (Å²) in [6, 6.07) is 11.4. The Labute approximate surface area is 191 Å². The number of nitrogens with one attached hydrogen (secondary N) is 1. The number of hydrogen-bond donors (Lipinski definition) is 1. The third-order valence-electron chi connectivity index (χ3n) is 4.68. The third kappa shape index (κ3) is 6.49. The van der Waals surface area contributed by atoms with Crippen LogP contribution in [0.15, 0.2) is 48.7 Å². The highest BCUT2D eigenvalue weighted by molar-refractivity contribution is 5.96. The summed E-state index contributed by atoms with van der Waals surface area (Å²) in [6.45, 7) is 5.73. The molecular weight excluding hydrogens is 424 g/mol. The van der Waals surface area contributed by atoms with Crippen LogP contribution >= 0.6 is 0 Å². The Hall–Kier alpha value is -4.01. The van der Waals surface area contributed by atoms with Gasteiger partial charge in [0.05, 0.1) is 23.4 Å². The van der Waals surface area contributed by atoms with Crippen LogP contribution in [-0.2, 0) is 14.3 Å². The minimum Gasteiger partial charge on any atom is -0.462 e. The number of unbranched alkanes of at least 4 members (excludes halogenated alkanes) is 1. The van der Waals surface area contributed by atoms with Crippen molar-refractivity contribution in [3.63, 3.8) is 0 Å². The summed E-state index contributed by atoms with van der Waals surface area (Å²) in [5.74, 6) is -1.00. The minimum atomic E-state index is -0.664. The van der Waals surface area contributed by atoms with E-state index in [1.807, 2.05) is 26.8 Å². The van der Waals surface area contributed by atoms with Gasteiger partial charge in [-0.15, -0.1) is 0 Å². The van der Waals surface area contributed by atoms with Gasteiger partial charge in [-0.3, -0.25) is 4.79 Å². The van der Waals surface area contributed by atoms with Crippen LogP contribution in [-0.4, -0.2) is 45.8 Å². The highest BCUT2D eigenvalue weighted by Crippen LogP contribution is 2.12. The molecule has 0 spiro atoms. The maximum atomic E-state index is 12.2. The molecule has 1 aromatic carbocycles. The fourth-order valence-electron chi connectivity index (χ4n) is 2.99. The van der Waals surface area contributed by atoms with E-state index in [1.54, 1.807) is 41.1 Å². The van der Waals surface area contributed by atoms with E-state index in [1.165, 1.54) is 6.20 Å². The van der Waals surface area contributed by atoms with Gasteiger partial charge in [0.2, 0.25) is 0 Å². The number of anilines is 1. The van der Waals surface area contributed by atoms with Gasteiger partial charge in [0.1, 0.15) is 0 Å². The molecule has 9 heteroatoms. The van der Waals surface area contributed by atoms with Gasteiger partial charge in [-0.2, -0.15) is 5.10 Å². The van der Waals surface area contributed by atoms with Crippen LogP contribution in [0.2, 0.25) is 0 Å². The number of rotatable bonds is 9. The van der Waals surface area contributed by atoms with Gasteiger partial charge in [0, 0.05) is 17.6 Å². The SMILES string of the molecule is CCCCOC(=O)c1ccc(NC(=O)COC(=O)c2ccc(-n3nc(C)cc3C)nc2)cc1. The number of carbonyl (C=O) groups excluding carboxylic acids is 3. The second kappa shape index (κ2) is 11.0. The average Bonchev–Trinajstić information content (AvgIpc) is 3.16. The molecule has 3 rings (SSSR count). The summed E-state index contributed by atoms with van der Waals surface area (Å²) in [7, 11) is 0. The van der Waals surface area contributed by atoms with Crippen molar-refractivity contribution >= 4 is 23.5 Å². The van der Waals surface area contributed by atoms with Crippen molar-refractivity contribution in [2.45, 2.75) is 33.6 Å². The van der Waals surface area contributed by atoms with Crippen LogP contribution in [0.4, 0.5) is 5.69 Å². The molecule has 0 aliphatic heterocycles. The highest BCUT2D eigenvalue weighted by atomic mass is 16.5. The lowest BCUT2D eigenvalue weighted by atomic mass is 10.2. The fraction of sp³-hybridized carbons (Fsp3) is 0.292. The van der Waals surface area contributed by atoms with E-state index < -0.39 is 24.5 Å². The second-order valence-corrected chi connectivity index (χ2v) is 7.44. The van der Waals surface area contributed by atoms with Gasteiger partial charge in [-0.1, -0.05) is 13.3 Å². The Balaban J connectivity index is 1.49. The Morgan fingerprint density at radius 1 is 0.970 bits per heavy atom. The number of aromatic nitrogens is 3. The fourth-order valence-corrected chi connectivity index (χ4v) is 2.99. The molecule has 172 valence electrons. The van der Waals surface area contributed by atoms with Crippen molar-refractivity contribution in [3.05, 3.63) is 71.2 Å². The Morgan fingerprint density at radius 2 is 1.67 bits per heavy atom. The summed E-state index contributed by atoms with van der Waals surface area (Å²) < 4.78 is 11.9. The summed E-state index contributed by atoms with van der Waals surface area (Å²) in [6.07, 6.45) is 3.13. The third-order valence-corrected chi connectivity index (χ3v) is 4.68. The first kappa shape index (κ1) is 23.6. The summed E-state index contributed by atoms with van der Waals surface area (Å²) in [5, 5.41) is 6.96. The molecule has 0 saturated carbocycles. The summed E-state index contributed by atoms with van der Waals surface area (Å²) >= 11 is 0. The number of carbonyl (C=O) groups is 3. The van der Waals surface area contributed by atoms with E-state index in [0.29, 0.717) is 23.7 Å². The molecule has 0 fully saturated rings. The molecule has 0 bridgehead atoms. The van der Waals surface area contributed by atoms with Crippen molar-refractivity contribution in [1.82, 2.24) is 14.8 Å². The van der Waals surface area contributed by atoms with Crippen molar-refractivity contribution < 1.29 is 23.9 Å². The number of benzene rings is 1. The van der Waals surface area contributed by atoms with Gasteiger partial charge >= 0.3 is 11.9 Å². The molecule has 0 aliphatic rings. The summed E-state index contributed by atoms with van der Waals surface area (Å²) in [4.78, 5) is 40.5. The topological polar surface area (TPSA) is 112 Å². The van der Waals surface area contributed by atoms with Crippen molar-refractivity contribution in [2.24, 2.45) is 0 Å². The molecule has 0 radical (unpaired) electrons. The van der Waals surface area contributed by atoms with E-state index >= 15 is 0 Å². The number of nitrogens with zero attached hydrogens (tertiary/aromatic N) is 3. The molecule has 2 heterocycles. The smallest absolute Gasteiger partial charge is 0.340 e. The first-order valence-corrected chi connectivity index (χ1v) is 10.6. The van der Waals surface area contributed by atoms with E-state index in [-0.39, 0.29) is 5.56 Å². The lowest BCUT2D eigenvalue weighted by molar-refractivity contribution is -0.119. The molecule has 2 aromatic heterocycles. The predicted molar refractivity (Wildman–Crippen MR) is 121 cm³/mol. The van der Waals surface area contributed by atoms with Gasteiger partial charge in [-0.05, 0) is 62.7 Å². The molecule has 0 aliphatic carbocycles. The van der Waals surface area contributed by atoms with E-state index in [2.05, 4.69) is 15.4 Å². The largest absolute Gasteiger partial charge is 0.462 e. The zero-order valence-electron chi connectivity index (χ0n) is 18.8. The molecule has 3 aromatic rings. The van der Waals surface area contributed by atoms with Crippen LogP contribution in [0.5, 0.6) is 0 Å².